The van der Waals surface area contributed by atoms with Crippen LogP contribution in [0, 0.1) is 0 Å². The Labute approximate surface area is 479 Å². The summed E-state index contributed by atoms with van der Waals surface area (Å²) in [5.74, 6) is 0. The van der Waals surface area contributed by atoms with Crippen LogP contribution in [0.3, 0.4) is 0 Å². The van der Waals surface area contributed by atoms with Crippen molar-refractivity contribution in [1.29, 1.82) is 0 Å². The van der Waals surface area contributed by atoms with Crippen LogP contribution in [-0.2, 0) is 10.8 Å². The molecular formula is C80H58N2. The molecule has 0 fully saturated rings. The van der Waals surface area contributed by atoms with Gasteiger partial charge in [-0.05, 0) is 166 Å². The van der Waals surface area contributed by atoms with E-state index >= 15 is 0 Å². The van der Waals surface area contributed by atoms with Gasteiger partial charge in [-0.3, -0.25) is 0 Å². The Morgan fingerprint density at radius 2 is 0.561 bits per heavy atom. The fourth-order valence-corrected chi connectivity index (χ4v) is 14.6. The molecule has 2 aliphatic rings. The van der Waals surface area contributed by atoms with Gasteiger partial charge in [0.25, 0.3) is 0 Å². The van der Waals surface area contributed by atoms with Crippen molar-refractivity contribution in [2.24, 2.45) is 0 Å². The minimum Gasteiger partial charge on any atom is -0.309 e. The fraction of sp³-hybridized carbons (Fsp3) is 0.0750. The Morgan fingerprint density at radius 1 is 0.232 bits per heavy atom. The van der Waals surface area contributed by atoms with Crippen molar-refractivity contribution in [1.82, 2.24) is 0 Å². The van der Waals surface area contributed by atoms with E-state index in [9.17, 15) is 0 Å². The van der Waals surface area contributed by atoms with Crippen LogP contribution in [0.1, 0.15) is 49.9 Å². The predicted molar refractivity (Wildman–Crippen MR) is 349 cm³/mol. The van der Waals surface area contributed by atoms with Gasteiger partial charge in [-0.2, -0.15) is 0 Å². The zero-order valence-corrected chi connectivity index (χ0v) is 46.5. The van der Waals surface area contributed by atoms with Crippen molar-refractivity contribution >= 4 is 88.0 Å². The number of para-hydroxylation sites is 4. The molecule has 16 rings (SSSR count). The lowest BCUT2D eigenvalue weighted by Gasteiger charge is -2.37. The molecule has 0 unspecified atom stereocenters. The van der Waals surface area contributed by atoms with Gasteiger partial charge < -0.3 is 9.80 Å². The highest BCUT2D eigenvalue weighted by Gasteiger charge is 2.41. The number of rotatable bonds is 8. The zero-order chi connectivity index (χ0) is 54.8. The molecule has 0 radical (unpaired) electrons. The molecule has 2 heteroatoms. The topological polar surface area (TPSA) is 6.48 Å². The van der Waals surface area contributed by atoms with Crippen LogP contribution in [0.15, 0.2) is 279 Å². The highest BCUT2D eigenvalue weighted by atomic mass is 15.2. The second-order valence-electron chi connectivity index (χ2n) is 23.5. The van der Waals surface area contributed by atoms with Gasteiger partial charge in [-0.1, -0.05) is 240 Å². The highest BCUT2D eigenvalue weighted by molar-refractivity contribution is 6.24. The molecule has 0 amide bonds. The molecule has 0 aromatic heterocycles. The maximum absolute atomic E-state index is 2.58. The van der Waals surface area contributed by atoms with Gasteiger partial charge in [0.15, 0.2) is 0 Å². The first-order valence-corrected chi connectivity index (χ1v) is 28.8. The van der Waals surface area contributed by atoms with E-state index in [4.69, 9.17) is 0 Å². The maximum Gasteiger partial charge on any atom is 0.0618 e. The van der Waals surface area contributed by atoms with E-state index in [1.165, 1.54) is 132 Å². The van der Waals surface area contributed by atoms with Gasteiger partial charge in [0.1, 0.15) is 0 Å². The Hall–Kier alpha value is -10.0. The van der Waals surface area contributed by atoms with Crippen molar-refractivity contribution in [3.05, 3.63) is 301 Å². The molecule has 0 bridgehead atoms. The number of nitrogens with zero attached hydrogens (tertiary/aromatic N) is 2. The Morgan fingerprint density at radius 3 is 0.963 bits per heavy atom. The first-order valence-electron chi connectivity index (χ1n) is 28.8. The minimum atomic E-state index is -0.291. The summed E-state index contributed by atoms with van der Waals surface area (Å²) in [7, 11) is 0. The average Bonchev–Trinajstić information content (AvgIpc) is 2.39. The fourth-order valence-electron chi connectivity index (χ4n) is 14.6. The smallest absolute Gasteiger partial charge is 0.0618 e. The van der Waals surface area contributed by atoms with Crippen molar-refractivity contribution in [3.63, 3.8) is 0 Å². The summed E-state index contributed by atoms with van der Waals surface area (Å²) < 4.78 is 0. The van der Waals surface area contributed by atoms with E-state index < -0.39 is 0 Å². The summed E-state index contributed by atoms with van der Waals surface area (Å²) in [5, 5.41) is 12.5. The maximum atomic E-state index is 2.58. The zero-order valence-electron chi connectivity index (χ0n) is 46.5. The molecule has 2 nitrogen and oxygen atoms in total. The molecule has 82 heavy (non-hydrogen) atoms. The number of benzene rings is 14. The van der Waals surface area contributed by atoms with Crippen molar-refractivity contribution in [2.45, 2.75) is 38.5 Å². The number of fused-ring (bicyclic) bond motifs is 10. The van der Waals surface area contributed by atoms with Crippen LogP contribution >= 0.6 is 0 Å². The van der Waals surface area contributed by atoms with E-state index in [-0.39, 0.29) is 10.8 Å². The molecule has 0 aliphatic heterocycles. The van der Waals surface area contributed by atoms with E-state index in [1.54, 1.807) is 0 Å². The Balaban J connectivity index is 0.863. The van der Waals surface area contributed by atoms with Crippen LogP contribution in [0.2, 0.25) is 0 Å². The van der Waals surface area contributed by atoms with Gasteiger partial charge in [0.05, 0.1) is 11.4 Å². The minimum absolute atomic E-state index is 0.287. The largest absolute Gasteiger partial charge is 0.309 e. The first-order chi connectivity index (χ1) is 40.3. The van der Waals surface area contributed by atoms with Crippen LogP contribution in [-0.4, -0.2) is 0 Å². The number of hydrogen-bond acceptors (Lipinski definition) is 2. The molecule has 0 saturated carbocycles. The molecule has 388 valence electrons. The molecule has 0 heterocycles. The summed E-state index contributed by atoms with van der Waals surface area (Å²) in [6.45, 7) is 9.79. The first kappa shape index (κ1) is 47.9. The average molecular weight is 1050 g/mol. The van der Waals surface area contributed by atoms with Crippen LogP contribution in [0.4, 0.5) is 34.1 Å². The monoisotopic (exact) mass is 1050 g/mol. The third kappa shape index (κ3) is 7.01. The van der Waals surface area contributed by atoms with Crippen LogP contribution in [0.5, 0.6) is 0 Å². The van der Waals surface area contributed by atoms with Crippen LogP contribution in [0.25, 0.3) is 98.4 Å². The third-order valence-corrected chi connectivity index (χ3v) is 18.3. The third-order valence-electron chi connectivity index (χ3n) is 18.3. The normalized spacial score (nSPS) is 13.6. The van der Waals surface area contributed by atoms with E-state index in [0.717, 1.165) is 22.7 Å². The molecule has 14 aromatic rings. The molecule has 0 N–H and O–H groups in total. The van der Waals surface area contributed by atoms with E-state index in [1.807, 2.05) is 0 Å². The van der Waals surface area contributed by atoms with Crippen molar-refractivity contribution in [3.8, 4) is 44.5 Å². The second-order valence-corrected chi connectivity index (χ2v) is 23.5. The van der Waals surface area contributed by atoms with Gasteiger partial charge in [-0.25, -0.2) is 0 Å². The molecule has 0 atom stereocenters. The van der Waals surface area contributed by atoms with Crippen molar-refractivity contribution < 1.29 is 0 Å². The lowest BCUT2D eigenvalue weighted by atomic mass is 9.66. The predicted octanol–water partition coefficient (Wildman–Crippen LogP) is 22.3. The number of anilines is 6. The lowest BCUT2D eigenvalue weighted by molar-refractivity contribution is 0.644. The summed E-state index contributed by atoms with van der Waals surface area (Å²) in [4.78, 5) is 4.88. The van der Waals surface area contributed by atoms with E-state index in [0.29, 0.717) is 0 Å². The molecule has 2 aliphatic carbocycles. The lowest BCUT2D eigenvalue weighted by Crippen LogP contribution is -2.24. The molecule has 0 saturated heterocycles. The van der Waals surface area contributed by atoms with Gasteiger partial charge in [0.2, 0.25) is 0 Å². The second kappa shape index (κ2) is 18.3. The van der Waals surface area contributed by atoms with Crippen LogP contribution < -0.4 is 9.80 Å². The Kier molecular flexibility index (Phi) is 10.7. The van der Waals surface area contributed by atoms with Gasteiger partial charge in [0, 0.05) is 55.1 Å². The van der Waals surface area contributed by atoms with Gasteiger partial charge in [-0.15, -0.1) is 0 Å². The highest BCUT2D eigenvalue weighted by Crippen LogP contribution is 2.59. The molecule has 0 spiro atoms. The van der Waals surface area contributed by atoms with Crippen molar-refractivity contribution in [2.75, 3.05) is 9.80 Å². The van der Waals surface area contributed by atoms with Gasteiger partial charge >= 0.3 is 0 Å². The summed E-state index contributed by atoms with van der Waals surface area (Å²) in [5.41, 5.74) is 22.1. The van der Waals surface area contributed by atoms with E-state index in [2.05, 4.69) is 317 Å². The summed E-state index contributed by atoms with van der Waals surface area (Å²) in [6, 6.07) is 104. The molecule has 14 aromatic carbocycles. The quantitative estimate of drug-likeness (QED) is 0.140. The number of hydrogen-bond donors (Lipinski definition) is 0. The Bertz CT molecular complexity index is 4710. The standard InChI is InChI=1S/C80H58N2/c1-79(2)69-43-25-42-67-75-66-47-45-52(74-60-36-19-23-40-64(60)78(65-41-24-20-37-61(65)74)82(55-30-13-7-14-31-55)56-32-15-8-16-33-56)49-71(66)80(3,4)72(75)50-68(76(67)69)57-46-44-51(48-70(57)79)73-58-34-17-21-38-62(58)77(63-39-22-18-35-59(63)73)81(53-26-9-5-10-27-53)54-28-11-6-12-29-54/h5-50H,1-4H3. The summed E-state index contributed by atoms with van der Waals surface area (Å²) >= 11 is 0. The molecular weight excluding hydrogens is 989 g/mol. The SMILES string of the molecule is CC1(C)c2cc(-c3c4ccccc4c(N(c4ccccc4)c4ccccc4)c4ccccc34)ccc2-c2c1cc1c3c(cccc23)C(C)(C)c2cc(-c3c4ccccc4c(N(c4ccccc4)c4ccccc4)c4ccccc34)ccc2-1. The summed E-state index contributed by atoms with van der Waals surface area (Å²) in [6.07, 6.45) is 0.